The minimum atomic E-state index is -0.941. The van der Waals surface area contributed by atoms with E-state index in [4.69, 9.17) is 0 Å². The van der Waals surface area contributed by atoms with Gasteiger partial charge >= 0.3 is 0 Å². The molecule has 2 N–H and O–H groups in total. The van der Waals surface area contributed by atoms with Gasteiger partial charge in [0.2, 0.25) is 5.91 Å². The van der Waals surface area contributed by atoms with Crippen LogP contribution in [0.3, 0.4) is 0 Å². The zero-order chi connectivity index (χ0) is 17.4. The van der Waals surface area contributed by atoms with E-state index >= 15 is 0 Å². The van der Waals surface area contributed by atoms with Gasteiger partial charge in [0, 0.05) is 23.5 Å². The molecule has 7 heteroatoms. The molecular formula is C17H16F2N2O2S. The van der Waals surface area contributed by atoms with E-state index in [1.807, 2.05) is 6.07 Å². The Morgan fingerprint density at radius 1 is 0.917 bits per heavy atom. The monoisotopic (exact) mass is 350 g/mol. The lowest BCUT2D eigenvalue weighted by molar-refractivity contribution is -0.118. The second-order valence-corrected chi connectivity index (χ2v) is 5.89. The number of halogens is 2. The number of carbonyl (C=O) groups is 2. The molecule has 2 aromatic carbocycles. The third-order valence-electron chi connectivity index (χ3n) is 3.03. The van der Waals surface area contributed by atoms with Gasteiger partial charge in [0.15, 0.2) is 11.6 Å². The maximum Gasteiger partial charge on any atom is 0.251 e. The summed E-state index contributed by atoms with van der Waals surface area (Å²) in [4.78, 5) is 23.9. The van der Waals surface area contributed by atoms with Crippen LogP contribution in [0.15, 0.2) is 53.4 Å². The first-order chi connectivity index (χ1) is 11.6. The van der Waals surface area contributed by atoms with Crippen LogP contribution in [-0.2, 0) is 4.79 Å². The lowest BCUT2D eigenvalue weighted by Crippen LogP contribution is -2.35. The maximum atomic E-state index is 13.0. The molecule has 2 aromatic rings. The van der Waals surface area contributed by atoms with Crippen LogP contribution in [0.25, 0.3) is 0 Å². The highest BCUT2D eigenvalue weighted by molar-refractivity contribution is 8.00. The summed E-state index contributed by atoms with van der Waals surface area (Å²) >= 11 is 1.11. The summed E-state index contributed by atoms with van der Waals surface area (Å²) in [6.45, 7) is 0.588. The van der Waals surface area contributed by atoms with Crippen LogP contribution in [-0.4, -0.2) is 30.7 Å². The van der Waals surface area contributed by atoms with Gasteiger partial charge in [0.25, 0.3) is 5.91 Å². The zero-order valence-electron chi connectivity index (χ0n) is 12.7. The molecule has 0 aliphatic rings. The summed E-state index contributed by atoms with van der Waals surface area (Å²) in [6.07, 6.45) is 0. The molecule has 0 aromatic heterocycles. The molecule has 0 bridgehead atoms. The van der Waals surface area contributed by atoms with E-state index in [2.05, 4.69) is 10.6 Å². The van der Waals surface area contributed by atoms with Crippen molar-refractivity contribution in [3.05, 3.63) is 65.7 Å². The molecule has 0 aliphatic heterocycles. The number of amides is 2. The molecule has 24 heavy (non-hydrogen) atoms. The second-order valence-electron chi connectivity index (χ2n) is 4.84. The third kappa shape index (κ3) is 5.66. The van der Waals surface area contributed by atoms with E-state index in [0.29, 0.717) is 17.0 Å². The number of hydrogen-bond donors (Lipinski definition) is 2. The Labute approximate surface area is 142 Å². The maximum absolute atomic E-state index is 13.0. The predicted octanol–water partition coefficient (Wildman–Crippen LogP) is 2.60. The molecule has 0 atom stereocenters. The fourth-order valence-corrected chi connectivity index (χ4v) is 2.59. The van der Waals surface area contributed by atoms with Gasteiger partial charge in [-0.05, 0) is 30.3 Å². The number of carbonyl (C=O) groups excluding carboxylic acids is 2. The smallest absolute Gasteiger partial charge is 0.251 e. The van der Waals surface area contributed by atoms with Crippen molar-refractivity contribution in [3.63, 3.8) is 0 Å². The fourth-order valence-electron chi connectivity index (χ4n) is 1.84. The van der Waals surface area contributed by atoms with E-state index in [1.165, 1.54) is 6.07 Å². The summed E-state index contributed by atoms with van der Waals surface area (Å²) < 4.78 is 25.8. The largest absolute Gasteiger partial charge is 0.354 e. The predicted molar refractivity (Wildman–Crippen MR) is 88.9 cm³/mol. The number of thioether (sulfide) groups is 1. The minimum Gasteiger partial charge on any atom is -0.354 e. The highest BCUT2D eigenvalue weighted by atomic mass is 32.2. The van der Waals surface area contributed by atoms with Gasteiger partial charge in [-0.25, -0.2) is 8.78 Å². The Morgan fingerprint density at radius 2 is 1.62 bits per heavy atom. The van der Waals surface area contributed by atoms with E-state index in [1.54, 1.807) is 24.3 Å². The molecule has 0 radical (unpaired) electrons. The molecule has 0 saturated carbocycles. The van der Waals surface area contributed by atoms with Gasteiger partial charge in [-0.2, -0.15) is 0 Å². The molecule has 0 saturated heterocycles. The molecule has 2 rings (SSSR count). The first-order valence-electron chi connectivity index (χ1n) is 7.24. The topological polar surface area (TPSA) is 58.2 Å². The minimum absolute atomic E-state index is 0.0811. The standard InChI is InChI=1S/C17H16F2N2O2S/c18-14-7-6-13(10-15(14)19)24-11-16(22)20-8-9-21-17(23)12-4-2-1-3-5-12/h1-7,10H,8-9,11H2,(H,20,22)(H,21,23). The summed E-state index contributed by atoms with van der Waals surface area (Å²) in [7, 11) is 0. The molecule has 0 fully saturated rings. The SMILES string of the molecule is O=C(CSc1ccc(F)c(F)c1)NCCNC(=O)c1ccccc1. The van der Waals surface area contributed by atoms with Crippen LogP contribution in [0.2, 0.25) is 0 Å². The lowest BCUT2D eigenvalue weighted by Gasteiger charge is -2.07. The Kier molecular flexibility index (Phi) is 6.74. The fraction of sp³-hybridized carbons (Fsp3) is 0.176. The number of benzene rings is 2. The molecular weight excluding hydrogens is 334 g/mol. The normalized spacial score (nSPS) is 10.2. The Balaban J connectivity index is 1.64. The first-order valence-corrected chi connectivity index (χ1v) is 8.22. The van der Waals surface area contributed by atoms with Crippen LogP contribution < -0.4 is 10.6 Å². The van der Waals surface area contributed by atoms with Crippen molar-refractivity contribution >= 4 is 23.6 Å². The number of nitrogens with one attached hydrogen (secondary N) is 2. The van der Waals surface area contributed by atoms with Gasteiger partial charge in [-0.15, -0.1) is 11.8 Å². The van der Waals surface area contributed by atoms with E-state index in [9.17, 15) is 18.4 Å². The van der Waals surface area contributed by atoms with Crippen molar-refractivity contribution in [2.45, 2.75) is 4.90 Å². The third-order valence-corrected chi connectivity index (χ3v) is 4.02. The Bertz CT molecular complexity index is 711. The van der Waals surface area contributed by atoms with Crippen molar-refractivity contribution in [1.82, 2.24) is 10.6 Å². The van der Waals surface area contributed by atoms with Crippen LogP contribution in [0.1, 0.15) is 10.4 Å². The molecule has 126 valence electrons. The number of rotatable bonds is 7. The van der Waals surface area contributed by atoms with E-state index < -0.39 is 11.6 Å². The van der Waals surface area contributed by atoms with Crippen molar-refractivity contribution in [2.75, 3.05) is 18.8 Å². The van der Waals surface area contributed by atoms with Crippen LogP contribution in [0, 0.1) is 11.6 Å². The summed E-state index contributed by atoms with van der Waals surface area (Å²) in [5, 5.41) is 5.33. The van der Waals surface area contributed by atoms with Crippen LogP contribution in [0.5, 0.6) is 0 Å². The quantitative estimate of drug-likeness (QED) is 0.596. The Hall–Kier alpha value is -2.41. The number of hydrogen-bond acceptors (Lipinski definition) is 3. The summed E-state index contributed by atoms with van der Waals surface area (Å²) in [5.74, 6) is -2.24. The first kappa shape index (κ1) is 17.9. The van der Waals surface area contributed by atoms with Crippen LogP contribution >= 0.6 is 11.8 Å². The van der Waals surface area contributed by atoms with Crippen molar-refractivity contribution in [3.8, 4) is 0 Å². The summed E-state index contributed by atoms with van der Waals surface area (Å²) in [6, 6.07) is 12.2. The molecule has 0 aliphatic carbocycles. The van der Waals surface area contributed by atoms with Gasteiger partial charge in [0.1, 0.15) is 0 Å². The zero-order valence-corrected chi connectivity index (χ0v) is 13.5. The lowest BCUT2D eigenvalue weighted by atomic mass is 10.2. The highest BCUT2D eigenvalue weighted by Gasteiger charge is 2.07. The van der Waals surface area contributed by atoms with Crippen molar-refractivity contribution in [1.29, 1.82) is 0 Å². The molecule has 0 spiro atoms. The van der Waals surface area contributed by atoms with Gasteiger partial charge in [-0.3, -0.25) is 9.59 Å². The molecule has 2 amide bonds. The van der Waals surface area contributed by atoms with Crippen molar-refractivity contribution < 1.29 is 18.4 Å². The van der Waals surface area contributed by atoms with Crippen LogP contribution in [0.4, 0.5) is 8.78 Å². The van der Waals surface area contributed by atoms with Gasteiger partial charge < -0.3 is 10.6 Å². The average molecular weight is 350 g/mol. The molecule has 4 nitrogen and oxygen atoms in total. The Morgan fingerprint density at radius 3 is 2.33 bits per heavy atom. The second kappa shape index (κ2) is 9.02. The van der Waals surface area contributed by atoms with E-state index in [-0.39, 0.29) is 24.1 Å². The van der Waals surface area contributed by atoms with E-state index in [0.717, 1.165) is 23.9 Å². The highest BCUT2D eigenvalue weighted by Crippen LogP contribution is 2.19. The summed E-state index contributed by atoms with van der Waals surface area (Å²) in [5.41, 5.74) is 0.553. The average Bonchev–Trinajstić information content (AvgIpc) is 2.60. The van der Waals surface area contributed by atoms with Gasteiger partial charge in [0.05, 0.1) is 5.75 Å². The molecule has 0 unspecified atom stereocenters. The van der Waals surface area contributed by atoms with Crippen molar-refractivity contribution in [2.24, 2.45) is 0 Å². The van der Waals surface area contributed by atoms with Gasteiger partial charge in [-0.1, -0.05) is 18.2 Å². The molecule has 0 heterocycles.